The molecule has 1 fully saturated rings. The molecule has 2 amide bonds. The number of carbonyl (C=O) groups excluding carboxylic acids is 2. The van der Waals surface area contributed by atoms with E-state index in [0.29, 0.717) is 12.8 Å². The van der Waals surface area contributed by atoms with Crippen LogP contribution in [0.3, 0.4) is 0 Å². The molecule has 0 unspecified atom stereocenters. The molecular weight excluding hydrogens is 400 g/mol. The molecule has 0 bridgehead atoms. The number of carboxylic acids is 1. The lowest BCUT2D eigenvalue weighted by Gasteiger charge is -2.20. The van der Waals surface area contributed by atoms with E-state index in [1.165, 1.54) is 0 Å². The zero-order valence-corrected chi connectivity index (χ0v) is 16.8. The molecule has 2 aromatic carbocycles. The zero-order chi connectivity index (χ0) is 22.0. The number of alkyl carbamates (subject to hydrolysis) is 1. The Balaban J connectivity index is 1.35. The van der Waals surface area contributed by atoms with E-state index in [0.717, 1.165) is 22.3 Å². The molecule has 0 aliphatic heterocycles. The molecule has 31 heavy (non-hydrogen) atoms. The van der Waals surface area contributed by atoms with Crippen molar-refractivity contribution in [2.24, 2.45) is 0 Å². The van der Waals surface area contributed by atoms with Crippen molar-refractivity contribution in [3.8, 4) is 11.1 Å². The minimum Gasteiger partial charge on any atom is -0.480 e. The summed E-state index contributed by atoms with van der Waals surface area (Å²) in [5, 5.41) is 23.0. The van der Waals surface area contributed by atoms with Gasteiger partial charge in [-0.25, -0.2) is 9.59 Å². The summed E-state index contributed by atoms with van der Waals surface area (Å²) in [5.74, 6) is -1.92. The van der Waals surface area contributed by atoms with Crippen LogP contribution in [0.4, 0.5) is 4.79 Å². The van der Waals surface area contributed by atoms with Crippen LogP contribution in [-0.2, 0) is 14.3 Å². The first kappa shape index (κ1) is 20.9. The molecule has 2 aliphatic rings. The molecule has 1 saturated carbocycles. The fourth-order valence-corrected chi connectivity index (χ4v) is 4.09. The molecule has 0 spiro atoms. The molecule has 8 nitrogen and oxygen atoms in total. The van der Waals surface area contributed by atoms with Crippen molar-refractivity contribution in [1.29, 1.82) is 0 Å². The minimum atomic E-state index is -1.36. The number of hydrogen-bond acceptors (Lipinski definition) is 5. The SMILES string of the molecule is O=C(CC1(NC(=O)OCC2c3ccccc3-c3ccccc32)CC1)N[C@@H](CO)C(=O)O. The summed E-state index contributed by atoms with van der Waals surface area (Å²) >= 11 is 0. The number of carboxylic acid groups (broad SMARTS) is 1. The molecule has 0 radical (unpaired) electrons. The number of aliphatic hydroxyl groups is 1. The van der Waals surface area contributed by atoms with Crippen LogP contribution in [-0.4, -0.2) is 53.0 Å². The van der Waals surface area contributed by atoms with E-state index in [-0.39, 0.29) is 18.9 Å². The normalized spacial score (nSPS) is 16.5. The average molecular weight is 424 g/mol. The van der Waals surface area contributed by atoms with Gasteiger partial charge in [0.1, 0.15) is 12.6 Å². The third-order valence-corrected chi connectivity index (χ3v) is 5.88. The van der Waals surface area contributed by atoms with E-state index in [9.17, 15) is 14.4 Å². The highest BCUT2D eigenvalue weighted by molar-refractivity contribution is 5.85. The van der Waals surface area contributed by atoms with Crippen molar-refractivity contribution < 1.29 is 29.3 Å². The van der Waals surface area contributed by atoms with Gasteiger partial charge < -0.3 is 25.6 Å². The van der Waals surface area contributed by atoms with Gasteiger partial charge in [0.05, 0.1) is 12.1 Å². The second kappa shape index (κ2) is 8.39. The van der Waals surface area contributed by atoms with Crippen molar-refractivity contribution in [2.75, 3.05) is 13.2 Å². The number of aliphatic carboxylic acids is 1. The van der Waals surface area contributed by atoms with E-state index in [4.69, 9.17) is 14.9 Å². The lowest BCUT2D eigenvalue weighted by Crippen LogP contribution is -2.47. The summed E-state index contributed by atoms with van der Waals surface area (Å²) in [5.41, 5.74) is 3.77. The quantitative estimate of drug-likeness (QED) is 0.514. The predicted molar refractivity (Wildman–Crippen MR) is 111 cm³/mol. The third-order valence-electron chi connectivity index (χ3n) is 5.88. The number of carbonyl (C=O) groups is 3. The van der Waals surface area contributed by atoms with Crippen molar-refractivity contribution in [3.05, 3.63) is 59.7 Å². The van der Waals surface area contributed by atoms with Gasteiger partial charge in [-0.15, -0.1) is 0 Å². The maximum absolute atomic E-state index is 12.4. The molecule has 0 aromatic heterocycles. The monoisotopic (exact) mass is 424 g/mol. The summed E-state index contributed by atoms with van der Waals surface area (Å²) in [6.45, 7) is -0.526. The number of ether oxygens (including phenoxy) is 1. The number of benzene rings is 2. The Morgan fingerprint density at radius 3 is 2.13 bits per heavy atom. The van der Waals surface area contributed by atoms with Crippen molar-refractivity contribution in [1.82, 2.24) is 10.6 Å². The fourth-order valence-electron chi connectivity index (χ4n) is 4.09. The van der Waals surface area contributed by atoms with E-state index in [1.807, 2.05) is 36.4 Å². The number of nitrogens with one attached hydrogen (secondary N) is 2. The number of aliphatic hydroxyl groups excluding tert-OH is 1. The standard InChI is InChI=1S/C23H24N2O6/c26-12-19(21(28)29)24-20(27)11-23(9-10-23)25-22(30)31-13-18-16-7-3-1-5-14(16)15-6-2-4-8-17(15)18/h1-8,18-19,26H,9-13H2,(H,24,27)(H,25,30)(H,28,29)/t19-/m0/s1. The second-order valence-electron chi connectivity index (χ2n) is 8.05. The Morgan fingerprint density at radius 2 is 1.61 bits per heavy atom. The van der Waals surface area contributed by atoms with Gasteiger partial charge in [0.25, 0.3) is 0 Å². The van der Waals surface area contributed by atoms with Gasteiger partial charge in [-0.1, -0.05) is 48.5 Å². The Labute approximate surface area is 179 Å². The number of hydrogen-bond donors (Lipinski definition) is 4. The highest BCUT2D eigenvalue weighted by atomic mass is 16.5. The Hall–Kier alpha value is -3.39. The number of amides is 2. The molecule has 162 valence electrons. The van der Waals surface area contributed by atoms with Crippen molar-refractivity contribution in [3.63, 3.8) is 0 Å². The molecule has 4 N–H and O–H groups in total. The van der Waals surface area contributed by atoms with Crippen LogP contribution in [0.15, 0.2) is 48.5 Å². The molecule has 2 aromatic rings. The van der Waals surface area contributed by atoms with Crippen LogP contribution >= 0.6 is 0 Å². The first-order valence-electron chi connectivity index (χ1n) is 10.2. The molecular formula is C23H24N2O6. The second-order valence-corrected chi connectivity index (χ2v) is 8.05. The van der Waals surface area contributed by atoms with Crippen molar-refractivity contribution in [2.45, 2.75) is 36.8 Å². The zero-order valence-electron chi connectivity index (χ0n) is 16.8. The molecule has 0 saturated heterocycles. The van der Waals surface area contributed by atoms with Crippen LogP contribution in [0, 0.1) is 0 Å². The Bertz CT molecular complexity index is 971. The van der Waals surface area contributed by atoms with Crippen LogP contribution in [0.2, 0.25) is 0 Å². The van der Waals surface area contributed by atoms with E-state index < -0.39 is 36.2 Å². The van der Waals surface area contributed by atoms with Crippen LogP contribution in [0.25, 0.3) is 11.1 Å². The average Bonchev–Trinajstić information content (AvgIpc) is 3.42. The lowest BCUT2D eigenvalue weighted by atomic mass is 9.98. The van der Waals surface area contributed by atoms with Crippen LogP contribution in [0.1, 0.15) is 36.3 Å². The first-order chi connectivity index (χ1) is 14.9. The van der Waals surface area contributed by atoms with Gasteiger partial charge in [0.15, 0.2) is 0 Å². The highest BCUT2D eigenvalue weighted by Crippen LogP contribution is 2.44. The Kier molecular flexibility index (Phi) is 5.65. The topological polar surface area (TPSA) is 125 Å². The van der Waals surface area contributed by atoms with Crippen LogP contribution < -0.4 is 10.6 Å². The summed E-state index contributed by atoms with van der Waals surface area (Å²) in [6, 6.07) is 14.7. The summed E-state index contributed by atoms with van der Waals surface area (Å²) in [4.78, 5) is 35.5. The molecule has 4 rings (SSSR count). The Morgan fingerprint density at radius 1 is 1.03 bits per heavy atom. The first-order valence-corrected chi connectivity index (χ1v) is 10.2. The molecule has 1 atom stereocenters. The van der Waals surface area contributed by atoms with E-state index in [1.54, 1.807) is 0 Å². The summed E-state index contributed by atoms with van der Waals surface area (Å²) < 4.78 is 5.52. The van der Waals surface area contributed by atoms with Gasteiger partial charge in [0, 0.05) is 12.3 Å². The fraction of sp³-hybridized carbons (Fsp3) is 0.348. The maximum Gasteiger partial charge on any atom is 0.407 e. The summed E-state index contributed by atoms with van der Waals surface area (Å²) in [6.07, 6.45) is 0.522. The minimum absolute atomic E-state index is 0.0579. The molecule has 0 heterocycles. The maximum atomic E-state index is 12.4. The van der Waals surface area contributed by atoms with Gasteiger partial charge in [-0.05, 0) is 35.1 Å². The molecule has 8 heteroatoms. The van der Waals surface area contributed by atoms with Gasteiger partial charge >= 0.3 is 12.1 Å². The third kappa shape index (κ3) is 4.39. The number of fused-ring (bicyclic) bond motifs is 3. The van der Waals surface area contributed by atoms with Gasteiger partial charge in [-0.2, -0.15) is 0 Å². The highest BCUT2D eigenvalue weighted by Gasteiger charge is 2.46. The van der Waals surface area contributed by atoms with E-state index in [2.05, 4.69) is 22.8 Å². The largest absolute Gasteiger partial charge is 0.480 e. The van der Waals surface area contributed by atoms with Gasteiger partial charge in [0.2, 0.25) is 5.91 Å². The number of rotatable bonds is 8. The van der Waals surface area contributed by atoms with Crippen LogP contribution in [0.5, 0.6) is 0 Å². The lowest BCUT2D eigenvalue weighted by molar-refractivity contribution is -0.143. The smallest absolute Gasteiger partial charge is 0.407 e. The van der Waals surface area contributed by atoms with Crippen molar-refractivity contribution >= 4 is 18.0 Å². The predicted octanol–water partition coefficient (Wildman–Crippen LogP) is 2.01. The summed E-state index contributed by atoms with van der Waals surface area (Å²) in [7, 11) is 0. The molecule has 2 aliphatic carbocycles. The van der Waals surface area contributed by atoms with E-state index >= 15 is 0 Å². The van der Waals surface area contributed by atoms with Gasteiger partial charge in [-0.3, -0.25) is 4.79 Å².